The molecule has 2 nitrogen and oxygen atoms in total. The SMILES string of the molecule is C#CCC1C=C(C(=O)OCC)CC1. The fourth-order valence-corrected chi connectivity index (χ4v) is 1.50. The summed E-state index contributed by atoms with van der Waals surface area (Å²) in [5, 5.41) is 0. The molecule has 0 aromatic carbocycles. The fourth-order valence-electron chi connectivity index (χ4n) is 1.50. The molecule has 1 aliphatic rings. The smallest absolute Gasteiger partial charge is 0.333 e. The van der Waals surface area contributed by atoms with Crippen LogP contribution >= 0.6 is 0 Å². The van der Waals surface area contributed by atoms with Gasteiger partial charge in [0.05, 0.1) is 6.61 Å². The standard InChI is InChI=1S/C11H14O2/c1-3-5-9-6-7-10(8-9)11(12)13-4-2/h1,8-9H,4-7H2,2H3. The van der Waals surface area contributed by atoms with Gasteiger partial charge in [0.15, 0.2) is 0 Å². The molecule has 0 aromatic heterocycles. The van der Waals surface area contributed by atoms with Gasteiger partial charge in [0.25, 0.3) is 0 Å². The average molecular weight is 178 g/mol. The highest BCUT2D eigenvalue weighted by Crippen LogP contribution is 2.26. The van der Waals surface area contributed by atoms with Crippen LogP contribution in [0.1, 0.15) is 26.2 Å². The van der Waals surface area contributed by atoms with Gasteiger partial charge in [0.1, 0.15) is 0 Å². The van der Waals surface area contributed by atoms with E-state index in [0.29, 0.717) is 12.5 Å². The van der Waals surface area contributed by atoms with Gasteiger partial charge in [0, 0.05) is 12.0 Å². The van der Waals surface area contributed by atoms with Gasteiger partial charge in [-0.3, -0.25) is 0 Å². The van der Waals surface area contributed by atoms with Crippen LogP contribution in [0.25, 0.3) is 0 Å². The number of carbonyl (C=O) groups excluding carboxylic acids is 1. The lowest BCUT2D eigenvalue weighted by molar-refractivity contribution is -0.138. The number of terminal acetylenes is 1. The lowest BCUT2D eigenvalue weighted by atomic mass is 10.1. The summed E-state index contributed by atoms with van der Waals surface area (Å²) in [6.07, 6.45) is 9.67. The van der Waals surface area contributed by atoms with E-state index in [0.717, 1.165) is 24.8 Å². The summed E-state index contributed by atoms with van der Waals surface area (Å²) in [6, 6.07) is 0. The van der Waals surface area contributed by atoms with E-state index < -0.39 is 0 Å². The molecule has 1 aliphatic carbocycles. The molecule has 13 heavy (non-hydrogen) atoms. The second-order valence-corrected chi connectivity index (χ2v) is 3.12. The normalized spacial score (nSPS) is 20.6. The Kier molecular flexibility index (Phi) is 3.57. The van der Waals surface area contributed by atoms with Crippen molar-refractivity contribution in [2.24, 2.45) is 5.92 Å². The van der Waals surface area contributed by atoms with Gasteiger partial charge in [-0.1, -0.05) is 6.08 Å². The van der Waals surface area contributed by atoms with Crippen molar-refractivity contribution in [1.82, 2.24) is 0 Å². The van der Waals surface area contributed by atoms with Crippen LogP contribution < -0.4 is 0 Å². The number of allylic oxidation sites excluding steroid dienone is 1. The van der Waals surface area contributed by atoms with Crippen LogP contribution in [-0.2, 0) is 9.53 Å². The van der Waals surface area contributed by atoms with Gasteiger partial charge in [-0.25, -0.2) is 4.79 Å². The van der Waals surface area contributed by atoms with Crippen molar-refractivity contribution in [2.75, 3.05) is 6.61 Å². The molecule has 0 N–H and O–H groups in total. The quantitative estimate of drug-likeness (QED) is 0.487. The lowest BCUT2D eigenvalue weighted by Crippen LogP contribution is -2.05. The molecule has 0 aliphatic heterocycles. The zero-order chi connectivity index (χ0) is 9.68. The van der Waals surface area contributed by atoms with E-state index in [2.05, 4.69) is 5.92 Å². The van der Waals surface area contributed by atoms with Crippen LogP contribution in [0.5, 0.6) is 0 Å². The van der Waals surface area contributed by atoms with E-state index in [1.165, 1.54) is 0 Å². The van der Waals surface area contributed by atoms with Crippen LogP contribution in [0.3, 0.4) is 0 Å². The van der Waals surface area contributed by atoms with Gasteiger partial charge in [-0.05, 0) is 25.7 Å². The highest BCUT2D eigenvalue weighted by molar-refractivity contribution is 5.88. The van der Waals surface area contributed by atoms with E-state index in [1.807, 2.05) is 13.0 Å². The monoisotopic (exact) mass is 178 g/mol. The summed E-state index contributed by atoms with van der Waals surface area (Å²) in [4.78, 5) is 11.3. The van der Waals surface area contributed by atoms with Crippen LogP contribution in [0.2, 0.25) is 0 Å². The molecule has 1 rings (SSSR count). The molecule has 0 fully saturated rings. The highest BCUT2D eigenvalue weighted by atomic mass is 16.5. The van der Waals surface area contributed by atoms with Gasteiger partial charge in [-0.15, -0.1) is 12.3 Å². The first-order valence-corrected chi connectivity index (χ1v) is 4.59. The zero-order valence-electron chi connectivity index (χ0n) is 7.88. The molecule has 0 aromatic rings. The maximum Gasteiger partial charge on any atom is 0.333 e. The van der Waals surface area contributed by atoms with Crippen LogP contribution in [0, 0.1) is 18.3 Å². The van der Waals surface area contributed by atoms with Crippen LogP contribution in [-0.4, -0.2) is 12.6 Å². The molecule has 2 heteroatoms. The van der Waals surface area contributed by atoms with E-state index in [1.54, 1.807) is 0 Å². The Morgan fingerprint density at radius 3 is 3.23 bits per heavy atom. The molecule has 70 valence electrons. The van der Waals surface area contributed by atoms with Crippen LogP contribution in [0.15, 0.2) is 11.6 Å². The third-order valence-corrected chi connectivity index (χ3v) is 2.14. The number of hydrogen-bond donors (Lipinski definition) is 0. The largest absolute Gasteiger partial charge is 0.463 e. The lowest BCUT2D eigenvalue weighted by Gasteiger charge is -1.99. The predicted molar refractivity (Wildman–Crippen MR) is 50.9 cm³/mol. The summed E-state index contributed by atoms with van der Waals surface area (Å²) < 4.78 is 4.89. The summed E-state index contributed by atoms with van der Waals surface area (Å²) >= 11 is 0. The number of rotatable bonds is 3. The summed E-state index contributed by atoms with van der Waals surface area (Å²) in [7, 11) is 0. The molecule has 0 saturated carbocycles. The first kappa shape index (κ1) is 9.85. The van der Waals surface area contributed by atoms with Crippen LogP contribution in [0.4, 0.5) is 0 Å². The van der Waals surface area contributed by atoms with Gasteiger partial charge in [-0.2, -0.15) is 0 Å². The highest BCUT2D eigenvalue weighted by Gasteiger charge is 2.20. The third-order valence-electron chi connectivity index (χ3n) is 2.14. The fraction of sp³-hybridized carbons (Fsp3) is 0.545. The minimum atomic E-state index is -0.179. The van der Waals surface area contributed by atoms with Crippen molar-refractivity contribution in [3.63, 3.8) is 0 Å². The molecule has 0 bridgehead atoms. The van der Waals surface area contributed by atoms with Gasteiger partial charge >= 0.3 is 5.97 Å². The van der Waals surface area contributed by atoms with E-state index >= 15 is 0 Å². The number of hydrogen-bond acceptors (Lipinski definition) is 2. The number of esters is 1. The molecule has 0 radical (unpaired) electrons. The Morgan fingerprint density at radius 2 is 2.62 bits per heavy atom. The van der Waals surface area contributed by atoms with E-state index in [4.69, 9.17) is 11.2 Å². The maximum atomic E-state index is 11.3. The second-order valence-electron chi connectivity index (χ2n) is 3.12. The van der Waals surface area contributed by atoms with Crippen molar-refractivity contribution < 1.29 is 9.53 Å². The predicted octanol–water partition coefficient (Wildman–Crippen LogP) is 1.91. The Hall–Kier alpha value is -1.23. The summed E-state index contributed by atoms with van der Waals surface area (Å²) in [6.45, 7) is 2.25. The average Bonchev–Trinajstić information content (AvgIpc) is 2.54. The summed E-state index contributed by atoms with van der Waals surface area (Å²) in [5.41, 5.74) is 0.794. The second kappa shape index (κ2) is 4.71. The van der Waals surface area contributed by atoms with Gasteiger partial charge < -0.3 is 4.74 Å². The topological polar surface area (TPSA) is 26.3 Å². The third kappa shape index (κ3) is 2.62. The minimum Gasteiger partial charge on any atom is -0.463 e. The Balaban J connectivity index is 2.49. The van der Waals surface area contributed by atoms with Crippen molar-refractivity contribution in [1.29, 1.82) is 0 Å². The Bertz CT molecular complexity index is 258. The summed E-state index contributed by atoms with van der Waals surface area (Å²) in [5.74, 6) is 2.80. The first-order chi connectivity index (χ1) is 6.27. The molecule has 0 amide bonds. The van der Waals surface area contributed by atoms with Crippen molar-refractivity contribution in [2.45, 2.75) is 26.2 Å². The molecule has 0 spiro atoms. The van der Waals surface area contributed by atoms with E-state index in [9.17, 15) is 4.79 Å². The molecular formula is C11H14O2. The molecule has 1 unspecified atom stereocenters. The minimum absolute atomic E-state index is 0.179. The van der Waals surface area contributed by atoms with Crippen molar-refractivity contribution in [3.05, 3.63) is 11.6 Å². The number of ether oxygens (including phenoxy) is 1. The number of carbonyl (C=O) groups is 1. The Morgan fingerprint density at radius 1 is 1.85 bits per heavy atom. The Labute approximate surface area is 79.0 Å². The zero-order valence-corrected chi connectivity index (χ0v) is 7.88. The molecular weight excluding hydrogens is 164 g/mol. The van der Waals surface area contributed by atoms with E-state index in [-0.39, 0.29) is 5.97 Å². The molecule has 1 atom stereocenters. The maximum absolute atomic E-state index is 11.3. The molecule has 0 heterocycles. The first-order valence-electron chi connectivity index (χ1n) is 4.59. The van der Waals surface area contributed by atoms with Crippen molar-refractivity contribution >= 4 is 5.97 Å². The van der Waals surface area contributed by atoms with Crippen molar-refractivity contribution in [3.8, 4) is 12.3 Å². The molecule has 0 saturated heterocycles. The van der Waals surface area contributed by atoms with Gasteiger partial charge in [0.2, 0.25) is 0 Å².